The summed E-state index contributed by atoms with van der Waals surface area (Å²) in [6.07, 6.45) is 1.44. The fourth-order valence-electron chi connectivity index (χ4n) is 4.40. The highest BCUT2D eigenvalue weighted by Gasteiger charge is 2.37. The van der Waals surface area contributed by atoms with Gasteiger partial charge in [-0.2, -0.15) is 0 Å². The Hall–Kier alpha value is -4.64. The molecule has 9 heteroatoms. The van der Waals surface area contributed by atoms with E-state index >= 15 is 0 Å². The molecule has 5 rings (SSSR count). The summed E-state index contributed by atoms with van der Waals surface area (Å²) in [5.41, 5.74) is 5.01. The molecule has 1 heterocycles. The van der Waals surface area contributed by atoms with Crippen LogP contribution in [-0.2, 0) is 22.8 Å². The Kier molecular flexibility index (Phi) is 9.10. The van der Waals surface area contributed by atoms with Crippen molar-refractivity contribution in [3.63, 3.8) is 0 Å². The van der Waals surface area contributed by atoms with Crippen LogP contribution >= 0.6 is 22.6 Å². The standard InChI is InChI=1S/C34H29IN2O6/c1-21-4-8-23(9-5-21)19-42-27-14-12-26(13-15-27)37-33(39)28(32(38)36-34(37)40)16-25-17-29(35)31(30(18-25)41-3)43-20-24-10-6-22(2)7-11-24/h4-18H,19-20H2,1-3H3,(H,36,38,40)/b28-16+. The van der Waals surface area contributed by atoms with E-state index in [-0.39, 0.29) is 5.57 Å². The van der Waals surface area contributed by atoms with E-state index in [9.17, 15) is 14.4 Å². The first-order valence-electron chi connectivity index (χ1n) is 13.5. The number of methoxy groups -OCH3 is 1. The number of benzene rings is 4. The van der Waals surface area contributed by atoms with Crippen LogP contribution in [0, 0.1) is 17.4 Å². The number of nitrogens with one attached hydrogen (secondary N) is 1. The quantitative estimate of drug-likeness (QED) is 0.119. The van der Waals surface area contributed by atoms with E-state index in [0.717, 1.165) is 25.2 Å². The Labute approximate surface area is 263 Å². The van der Waals surface area contributed by atoms with Crippen LogP contribution in [0.4, 0.5) is 10.5 Å². The zero-order chi connectivity index (χ0) is 30.5. The summed E-state index contributed by atoms with van der Waals surface area (Å²) in [6.45, 7) is 4.77. The molecule has 8 nitrogen and oxygen atoms in total. The van der Waals surface area contributed by atoms with Crippen LogP contribution < -0.4 is 24.4 Å². The van der Waals surface area contributed by atoms with Gasteiger partial charge in [0.05, 0.1) is 16.4 Å². The molecule has 4 aromatic carbocycles. The second-order valence-electron chi connectivity index (χ2n) is 10.0. The molecule has 0 radical (unpaired) electrons. The number of barbiturate groups is 1. The number of amides is 4. The Morgan fingerprint density at radius 3 is 1.95 bits per heavy atom. The number of aryl methyl sites for hydroxylation is 2. The van der Waals surface area contributed by atoms with E-state index in [1.165, 1.54) is 18.7 Å². The van der Waals surface area contributed by atoms with E-state index in [4.69, 9.17) is 14.2 Å². The number of ether oxygens (including phenoxy) is 3. The maximum atomic E-state index is 13.5. The molecule has 1 aliphatic heterocycles. The average molecular weight is 689 g/mol. The van der Waals surface area contributed by atoms with Gasteiger partial charge in [0, 0.05) is 0 Å². The minimum absolute atomic E-state index is 0.189. The highest BCUT2D eigenvalue weighted by molar-refractivity contribution is 14.1. The third-order valence-electron chi connectivity index (χ3n) is 6.79. The van der Waals surface area contributed by atoms with Gasteiger partial charge in [-0.3, -0.25) is 14.9 Å². The number of urea groups is 1. The Morgan fingerprint density at radius 1 is 0.791 bits per heavy atom. The third-order valence-corrected chi connectivity index (χ3v) is 7.59. The van der Waals surface area contributed by atoms with Gasteiger partial charge < -0.3 is 14.2 Å². The van der Waals surface area contributed by atoms with Gasteiger partial charge in [0.1, 0.15) is 24.5 Å². The van der Waals surface area contributed by atoms with Crippen molar-refractivity contribution < 1.29 is 28.6 Å². The van der Waals surface area contributed by atoms with Crippen LogP contribution in [0.3, 0.4) is 0 Å². The van der Waals surface area contributed by atoms with Crippen molar-refractivity contribution in [2.45, 2.75) is 27.1 Å². The third kappa shape index (κ3) is 7.06. The van der Waals surface area contributed by atoms with Crippen LogP contribution in [0.1, 0.15) is 27.8 Å². The van der Waals surface area contributed by atoms with E-state index in [1.807, 2.05) is 62.4 Å². The molecule has 218 valence electrons. The van der Waals surface area contributed by atoms with Crippen molar-refractivity contribution in [1.82, 2.24) is 5.32 Å². The lowest BCUT2D eigenvalue weighted by Crippen LogP contribution is -2.54. The Balaban J connectivity index is 1.33. The van der Waals surface area contributed by atoms with Crippen LogP contribution in [0.15, 0.2) is 90.5 Å². The SMILES string of the molecule is COc1cc(/C=C2\C(=O)NC(=O)N(c3ccc(OCc4ccc(C)cc4)cc3)C2=O)cc(I)c1OCc1ccc(C)cc1. The monoisotopic (exact) mass is 688 g/mol. The number of rotatable bonds is 9. The molecule has 0 saturated carbocycles. The number of carbonyl (C=O) groups excluding carboxylic acids is 3. The molecule has 0 bridgehead atoms. The molecular formula is C34H29IN2O6. The minimum Gasteiger partial charge on any atom is -0.493 e. The maximum absolute atomic E-state index is 13.5. The fourth-order valence-corrected chi connectivity index (χ4v) is 5.19. The van der Waals surface area contributed by atoms with Crippen molar-refractivity contribution in [2.24, 2.45) is 0 Å². The van der Waals surface area contributed by atoms with Gasteiger partial charge >= 0.3 is 6.03 Å². The topological polar surface area (TPSA) is 94.2 Å². The predicted molar refractivity (Wildman–Crippen MR) is 172 cm³/mol. The molecular weight excluding hydrogens is 659 g/mol. The lowest BCUT2D eigenvalue weighted by Gasteiger charge is -2.26. The maximum Gasteiger partial charge on any atom is 0.335 e. The fraction of sp³-hybridized carbons (Fsp3) is 0.147. The van der Waals surface area contributed by atoms with E-state index in [2.05, 4.69) is 27.9 Å². The lowest BCUT2D eigenvalue weighted by atomic mass is 10.1. The van der Waals surface area contributed by atoms with Crippen molar-refractivity contribution in [1.29, 1.82) is 0 Å². The smallest absolute Gasteiger partial charge is 0.335 e. The van der Waals surface area contributed by atoms with Gasteiger partial charge in [0.25, 0.3) is 11.8 Å². The lowest BCUT2D eigenvalue weighted by molar-refractivity contribution is -0.122. The van der Waals surface area contributed by atoms with Crippen LogP contribution in [0.25, 0.3) is 6.08 Å². The summed E-state index contributed by atoms with van der Waals surface area (Å²) in [5.74, 6) is 0.0523. The molecule has 0 unspecified atom stereocenters. The second-order valence-corrected chi connectivity index (χ2v) is 11.2. The van der Waals surface area contributed by atoms with Crippen LogP contribution in [0.2, 0.25) is 0 Å². The molecule has 1 saturated heterocycles. The largest absolute Gasteiger partial charge is 0.493 e. The average Bonchev–Trinajstić information content (AvgIpc) is 2.99. The van der Waals surface area contributed by atoms with E-state index in [0.29, 0.717) is 41.7 Å². The zero-order valence-corrected chi connectivity index (χ0v) is 26.0. The Morgan fingerprint density at radius 2 is 1.37 bits per heavy atom. The summed E-state index contributed by atoms with van der Waals surface area (Å²) in [7, 11) is 1.52. The van der Waals surface area contributed by atoms with Gasteiger partial charge in [-0.05, 0) is 95.6 Å². The van der Waals surface area contributed by atoms with Crippen molar-refractivity contribution >= 4 is 52.2 Å². The number of anilines is 1. The van der Waals surface area contributed by atoms with Gasteiger partial charge in [0.15, 0.2) is 11.5 Å². The first-order valence-corrected chi connectivity index (χ1v) is 14.6. The molecule has 0 spiro atoms. The highest BCUT2D eigenvalue weighted by atomic mass is 127. The Bertz CT molecular complexity index is 1700. The molecule has 1 aliphatic rings. The number of halogens is 1. The van der Waals surface area contributed by atoms with Gasteiger partial charge in [0.2, 0.25) is 0 Å². The molecule has 1 fully saturated rings. The van der Waals surface area contributed by atoms with Crippen molar-refractivity contribution in [2.75, 3.05) is 12.0 Å². The number of carbonyl (C=O) groups is 3. The van der Waals surface area contributed by atoms with Gasteiger partial charge in [-0.1, -0.05) is 59.7 Å². The number of nitrogens with zero attached hydrogens (tertiary/aromatic N) is 1. The normalized spacial score (nSPS) is 14.1. The number of hydrogen-bond acceptors (Lipinski definition) is 6. The minimum atomic E-state index is -0.826. The zero-order valence-electron chi connectivity index (χ0n) is 23.8. The summed E-state index contributed by atoms with van der Waals surface area (Å²) in [4.78, 5) is 39.9. The molecule has 43 heavy (non-hydrogen) atoms. The molecule has 1 N–H and O–H groups in total. The van der Waals surface area contributed by atoms with E-state index in [1.54, 1.807) is 36.4 Å². The summed E-state index contributed by atoms with van der Waals surface area (Å²) in [6, 6.07) is 25.2. The molecule has 4 amide bonds. The first-order chi connectivity index (χ1) is 20.7. The summed E-state index contributed by atoms with van der Waals surface area (Å²) < 4.78 is 18.2. The van der Waals surface area contributed by atoms with Crippen molar-refractivity contribution in [3.8, 4) is 17.2 Å². The van der Waals surface area contributed by atoms with Gasteiger partial charge in [-0.15, -0.1) is 0 Å². The summed E-state index contributed by atoms with van der Waals surface area (Å²) in [5, 5.41) is 2.26. The van der Waals surface area contributed by atoms with Crippen molar-refractivity contribution in [3.05, 3.63) is 122 Å². The number of hydrogen-bond donors (Lipinski definition) is 1. The van der Waals surface area contributed by atoms with Crippen LogP contribution in [-0.4, -0.2) is 25.0 Å². The predicted octanol–water partition coefficient (Wildman–Crippen LogP) is 6.74. The molecule has 0 atom stereocenters. The molecule has 4 aromatic rings. The second kappa shape index (κ2) is 13.1. The first kappa shape index (κ1) is 29.8. The van der Waals surface area contributed by atoms with E-state index < -0.39 is 17.8 Å². The highest BCUT2D eigenvalue weighted by Crippen LogP contribution is 2.36. The summed E-state index contributed by atoms with van der Waals surface area (Å²) >= 11 is 2.12. The molecule has 0 aliphatic carbocycles. The van der Waals surface area contributed by atoms with Gasteiger partial charge in [-0.25, -0.2) is 9.69 Å². The molecule has 0 aromatic heterocycles. The number of imide groups is 2. The van der Waals surface area contributed by atoms with Crippen LogP contribution in [0.5, 0.6) is 17.2 Å².